The fraction of sp³-hybridized carbons (Fsp3) is 0.786. The van der Waals surface area contributed by atoms with Crippen molar-refractivity contribution in [1.82, 2.24) is 9.80 Å². The summed E-state index contributed by atoms with van der Waals surface area (Å²) in [5, 5.41) is 0. The highest BCUT2D eigenvalue weighted by atomic mass is 16.2. The first-order chi connectivity index (χ1) is 8.19. The van der Waals surface area contributed by atoms with E-state index in [4.69, 9.17) is 0 Å². The van der Waals surface area contributed by atoms with Crippen molar-refractivity contribution in [3.63, 3.8) is 0 Å². The standard InChI is InChI=1S/C14H22N2O/c1-3-10-6-14(17)16(9-10)13-7-11-4-5-12(8-13)15(11)2/h3,10-13H,1,4-9H2,2H3. The number of carbonyl (C=O) groups excluding carboxylic acids is 1. The summed E-state index contributed by atoms with van der Waals surface area (Å²) < 4.78 is 0. The van der Waals surface area contributed by atoms with Crippen LogP contribution in [0.15, 0.2) is 12.7 Å². The van der Waals surface area contributed by atoms with Crippen molar-refractivity contribution in [3.8, 4) is 0 Å². The average molecular weight is 234 g/mol. The minimum atomic E-state index is 0.351. The van der Waals surface area contributed by atoms with Gasteiger partial charge in [-0.2, -0.15) is 0 Å². The molecule has 0 spiro atoms. The third-order valence-corrected chi connectivity index (χ3v) is 5.04. The van der Waals surface area contributed by atoms with Gasteiger partial charge in [0.1, 0.15) is 0 Å². The number of hydrogen-bond acceptors (Lipinski definition) is 2. The molecule has 3 rings (SSSR count). The number of piperidine rings is 1. The molecule has 0 N–H and O–H groups in total. The maximum atomic E-state index is 12.0. The van der Waals surface area contributed by atoms with Crippen LogP contribution in [0.5, 0.6) is 0 Å². The second-order valence-corrected chi connectivity index (χ2v) is 5.92. The Morgan fingerprint density at radius 1 is 1.24 bits per heavy atom. The molecule has 0 aromatic heterocycles. The van der Waals surface area contributed by atoms with Gasteiger partial charge in [0.05, 0.1) is 0 Å². The van der Waals surface area contributed by atoms with Crippen LogP contribution in [-0.4, -0.2) is 47.4 Å². The number of carbonyl (C=O) groups is 1. The second-order valence-electron chi connectivity index (χ2n) is 5.92. The van der Waals surface area contributed by atoms with Gasteiger partial charge in [-0.05, 0) is 32.7 Å². The largest absolute Gasteiger partial charge is 0.339 e. The molecule has 0 saturated carbocycles. The lowest BCUT2D eigenvalue weighted by atomic mass is 9.96. The van der Waals surface area contributed by atoms with E-state index in [9.17, 15) is 4.79 Å². The molecule has 3 heteroatoms. The molecule has 3 saturated heterocycles. The number of rotatable bonds is 2. The highest BCUT2D eigenvalue weighted by Gasteiger charge is 2.43. The Hall–Kier alpha value is -0.830. The van der Waals surface area contributed by atoms with Crippen LogP contribution in [-0.2, 0) is 4.79 Å². The lowest BCUT2D eigenvalue weighted by Gasteiger charge is -2.40. The topological polar surface area (TPSA) is 23.6 Å². The summed E-state index contributed by atoms with van der Waals surface area (Å²) in [4.78, 5) is 16.7. The number of amides is 1. The fourth-order valence-electron chi connectivity index (χ4n) is 3.91. The van der Waals surface area contributed by atoms with Crippen LogP contribution >= 0.6 is 0 Å². The van der Waals surface area contributed by atoms with Gasteiger partial charge in [-0.15, -0.1) is 6.58 Å². The second kappa shape index (κ2) is 4.13. The van der Waals surface area contributed by atoms with Crippen LogP contribution in [0.1, 0.15) is 32.1 Å². The van der Waals surface area contributed by atoms with Gasteiger partial charge in [-0.3, -0.25) is 4.79 Å². The summed E-state index contributed by atoms with van der Waals surface area (Å²) in [6.07, 6.45) is 7.65. The van der Waals surface area contributed by atoms with Crippen molar-refractivity contribution in [2.75, 3.05) is 13.6 Å². The number of fused-ring (bicyclic) bond motifs is 2. The molecule has 0 radical (unpaired) electrons. The minimum absolute atomic E-state index is 0.351. The highest BCUT2D eigenvalue weighted by molar-refractivity contribution is 5.79. The molecule has 0 aromatic carbocycles. The Morgan fingerprint density at radius 3 is 2.41 bits per heavy atom. The summed E-state index contributed by atoms with van der Waals surface area (Å²) in [6, 6.07) is 1.94. The summed E-state index contributed by atoms with van der Waals surface area (Å²) >= 11 is 0. The SMILES string of the molecule is C=CC1CC(=O)N(C2CC3CCC(C2)N3C)C1. The van der Waals surface area contributed by atoms with Gasteiger partial charge < -0.3 is 9.80 Å². The predicted octanol–water partition coefficient (Wildman–Crippen LogP) is 1.65. The van der Waals surface area contributed by atoms with Crippen molar-refractivity contribution < 1.29 is 4.79 Å². The Labute approximate surface area is 103 Å². The van der Waals surface area contributed by atoms with E-state index in [1.807, 2.05) is 6.08 Å². The summed E-state index contributed by atoms with van der Waals surface area (Å²) in [6.45, 7) is 4.74. The van der Waals surface area contributed by atoms with Gasteiger partial charge in [-0.25, -0.2) is 0 Å². The first-order valence-electron chi connectivity index (χ1n) is 6.83. The van der Waals surface area contributed by atoms with Gasteiger partial charge in [-0.1, -0.05) is 6.08 Å². The maximum absolute atomic E-state index is 12.0. The third kappa shape index (κ3) is 1.81. The van der Waals surface area contributed by atoms with Gasteiger partial charge in [0, 0.05) is 37.0 Å². The Balaban J connectivity index is 1.70. The van der Waals surface area contributed by atoms with Crippen LogP contribution in [0, 0.1) is 5.92 Å². The van der Waals surface area contributed by atoms with Crippen LogP contribution < -0.4 is 0 Å². The highest BCUT2D eigenvalue weighted by Crippen LogP contribution is 2.38. The summed E-state index contributed by atoms with van der Waals surface area (Å²) in [5.74, 6) is 0.740. The quantitative estimate of drug-likeness (QED) is 0.678. The van der Waals surface area contributed by atoms with Crippen molar-refractivity contribution in [2.24, 2.45) is 5.92 Å². The van der Waals surface area contributed by atoms with E-state index in [2.05, 4.69) is 23.4 Å². The molecule has 3 nitrogen and oxygen atoms in total. The lowest BCUT2D eigenvalue weighted by Crippen LogP contribution is -2.49. The molecule has 3 aliphatic heterocycles. The molecule has 1 amide bonds. The molecular weight excluding hydrogens is 212 g/mol. The molecule has 17 heavy (non-hydrogen) atoms. The van der Waals surface area contributed by atoms with Crippen molar-refractivity contribution in [3.05, 3.63) is 12.7 Å². The first-order valence-corrected chi connectivity index (χ1v) is 6.83. The van der Waals surface area contributed by atoms with Crippen molar-refractivity contribution in [1.29, 1.82) is 0 Å². The Morgan fingerprint density at radius 2 is 1.88 bits per heavy atom. The molecule has 0 aliphatic carbocycles. The first kappa shape index (κ1) is 11.3. The molecule has 94 valence electrons. The predicted molar refractivity (Wildman–Crippen MR) is 67.6 cm³/mol. The van der Waals surface area contributed by atoms with E-state index < -0.39 is 0 Å². The molecule has 3 aliphatic rings. The smallest absolute Gasteiger partial charge is 0.223 e. The van der Waals surface area contributed by atoms with Crippen LogP contribution in [0.25, 0.3) is 0 Å². The van der Waals surface area contributed by atoms with Gasteiger partial charge in [0.2, 0.25) is 5.91 Å². The zero-order chi connectivity index (χ0) is 12.0. The number of nitrogens with zero attached hydrogens (tertiary/aromatic N) is 2. The van der Waals surface area contributed by atoms with E-state index in [1.165, 1.54) is 25.7 Å². The number of hydrogen-bond donors (Lipinski definition) is 0. The van der Waals surface area contributed by atoms with Crippen LogP contribution in [0.2, 0.25) is 0 Å². The minimum Gasteiger partial charge on any atom is -0.339 e. The molecule has 2 bridgehead atoms. The number of likely N-dealkylation sites (tertiary alicyclic amines) is 1. The van der Waals surface area contributed by atoms with Gasteiger partial charge >= 0.3 is 0 Å². The van der Waals surface area contributed by atoms with E-state index in [0.717, 1.165) is 6.54 Å². The van der Waals surface area contributed by atoms with Crippen molar-refractivity contribution in [2.45, 2.75) is 50.2 Å². The van der Waals surface area contributed by atoms with Crippen LogP contribution in [0.4, 0.5) is 0 Å². The molecular formula is C14H22N2O. The Bertz CT molecular complexity index is 327. The van der Waals surface area contributed by atoms with Gasteiger partial charge in [0.15, 0.2) is 0 Å². The third-order valence-electron chi connectivity index (χ3n) is 5.04. The van der Waals surface area contributed by atoms with E-state index >= 15 is 0 Å². The average Bonchev–Trinajstić information content (AvgIpc) is 2.76. The fourth-order valence-corrected chi connectivity index (χ4v) is 3.91. The normalized spacial score (nSPS) is 42.2. The molecule has 3 fully saturated rings. The summed E-state index contributed by atoms with van der Waals surface area (Å²) in [7, 11) is 2.25. The molecule has 0 aromatic rings. The molecule has 3 heterocycles. The zero-order valence-corrected chi connectivity index (χ0v) is 10.6. The Kier molecular flexibility index (Phi) is 2.74. The van der Waals surface area contributed by atoms with Crippen LogP contribution in [0.3, 0.4) is 0 Å². The van der Waals surface area contributed by atoms with E-state index in [1.54, 1.807) is 0 Å². The monoisotopic (exact) mass is 234 g/mol. The summed E-state index contributed by atoms with van der Waals surface area (Å²) in [5.41, 5.74) is 0. The molecule has 3 atom stereocenters. The van der Waals surface area contributed by atoms with E-state index in [0.29, 0.717) is 36.4 Å². The van der Waals surface area contributed by atoms with Gasteiger partial charge in [0.25, 0.3) is 0 Å². The maximum Gasteiger partial charge on any atom is 0.223 e. The van der Waals surface area contributed by atoms with Crippen molar-refractivity contribution >= 4 is 5.91 Å². The lowest BCUT2D eigenvalue weighted by molar-refractivity contribution is -0.130. The molecule has 3 unspecified atom stereocenters. The van der Waals surface area contributed by atoms with E-state index in [-0.39, 0.29) is 0 Å². The zero-order valence-electron chi connectivity index (χ0n) is 10.6.